The van der Waals surface area contributed by atoms with E-state index < -0.39 is 5.91 Å². The van der Waals surface area contributed by atoms with Crippen LogP contribution in [0.2, 0.25) is 0 Å². The van der Waals surface area contributed by atoms with Gasteiger partial charge in [-0.1, -0.05) is 25.5 Å². The number of amides is 1. The van der Waals surface area contributed by atoms with Gasteiger partial charge >= 0.3 is 0 Å². The summed E-state index contributed by atoms with van der Waals surface area (Å²) in [4.78, 5) is 14.3. The maximum atomic E-state index is 13.8. The van der Waals surface area contributed by atoms with E-state index in [1.165, 1.54) is 12.1 Å². The minimum Gasteiger partial charge on any atom is -0.366 e. The maximum absolute atomic E-state index is 13.8. The van der Waals surface area contributed by atoms with Gasteiger partial charge in [-0.25, -0.2) is 4.39 Å². The third kappa shape index (κ3) is 4.28. The first-order valence-electron chi connectivity index (χ1n) is 8.79. The van der Waals surface area contributed by atoms with Gasteiger partial charge in [0.1, 0.15) is 5.82 Å². The molecule has 2 aromatic rings. The predicted molar refractivity (Wildman–Crippen MR) is 100 cm³/mol. The highest BCUT2D eigenvalue weighted by molar-refractivity contribution is 6.02. The number of primary amides is 1. The highest BCUT2D eigenvalue weighted by atomic mass is 19.1. The first kappa shape index (κ1) is 19.2. The number of carbonyl (C=O) groups excluding carboxylic acids is 1. The Morgan fingerprint density at radius 3 is 2.60 bits per heavy atom. The van der Waals surface area contributed by atoms with Gasteiger partial charge in [-0.2, -0.15) is 0 Å². The molecule has 0 aliphatic heterocycles. The molecule has 1 aromatic heterocycles. The van der Waals surface area contributed by atoms with Gasteiger partial charge in [0.2, 0.25) is 0 Å². The molecule has 5 heteroatoms. The minimum atomic E-state index is -0.458. The van der Waals surface area contributed by atoms with E-state index in [4.69, 9.17) is 5.73 Å². The van der Waals surface area contributed by atoms with Crippen molar-refractivity contribution in [3.05, 3.63) is 47.0 Å². The zero-order valence-corrected chi connectivity index (χ0v) is 15.6. The van der Waals surface area contributed by atoms with Gasteiger partial charge in [-0.05, 0) is 58.1 Å². The smallest absolute Gasteiger partial charge is 0.251 e. The average molecular weight is 345 g/mol. The zero-order valence-electron chi connectivity index (χ0n) is 15.6. The van der Waals surface area contributed by atoms with Crippen LogP contribution in [0.15, 0.2) is 24.3 Å². The normalized spacial score (nSPS) is 11.3. The van der Waals surface area contributed by atoms with Crippen molar-refractivity contribution in [2.45, 2.75) is 39.7 Å². The molecule has 1 amide bonds. The fourth-order valence-electron chi connectivity index (χ4n) is 3.40. The minimum absolute atomic E-state index is 0.312. The molecule has 0 aliphatic carbocycles. The Balaban J connectivity index is 2.60. The summed E-state index contributed by atoms with van der Waals surface area (Å²) in [5, 5.41) is 0. The van der Waals surface area contributed by atoms with E-state index in [9.17, 15) is 9.18 Å². The molecular weight excluding hydrogens is 317 g/mol. The summed E-state index contributed by atoms with van der Waals surface area (Å²) in [6.07, 6.45) is 2.74. The number of benzene rings is 1. The number of hydrogen-bond acceptors (Lipinski definition) is 2. The molecule has 0 aliphatic rings. The van der Waals surface area contributed by atoms with Crippen LogP contribution in [0, 0.1) is 12.7 Å². The van der Waals surface area contributed by atoms with Crippen LogP contribution < -0.4 is 5.73 Å². The van der Waals surface area contributed by atoms with Gasteiger partial charge in [0.25, 0.3) is 5.91 Å². The summed E-state index contributed by atoms with van der Waals surface area (Å²) < 4.78 is 16.0. The molecule has 2 rings (SSSR count). The van der Waals surface area contributed by atoms with Crippen molar-refractivity contribution in [3.63, 3.8) is 0 Å². The lowest BCUT2D eigenvalue weighted by molar-refractivity contribution is 0.1000. The number of aromatic nitrogens is 1. The highest BCUT2D eigenvalue weighted by Gasteiger charge is 2.24. The molecule has 0 saturated heterocycles. The zero-order chi connectivity index (χ0) is 18.6. The van der Waals surface area contributed by atoms with Crippen LogP contribution in [0.4, 0.5) is 4.39 Å². The average Bonchev–Trinajstić information content (AvgIpc) is 2.80. The SMILES string of the molecule is CCCc1c(-c2cccc(F)c2)c(C(N)=O)c(C)n1CCCN(C)C. The Morgan fingerprint density at radius 2 is 2.04 bits per heavy atom. The summed E-state index contributed by atoms with van der Waals surface area (Å²) in [5.41, 5.74) is 9.64. The number of halogens is 1. The third-order valence-electron chi connectivity index (χ3n) is 4.46. The van der Waals surface area contributed by atoms with Gasteiger partial charge in [-0.15, -0.1) is 0 Å². The van der Waals surface area contributed by atoms with Gasteiger partial charge in [0.15, 0.2) is 0 Å². The summed E-state index contributed by atoms with van der Waals surface area (Å²) in [5.74, 6) is -0.770. The van der Waals surface area contributed by atoms with Crippen LogP contribution in [-0.2, 0) is 13.0 Å². The van der Waals surface area contributed by atoms with Crippen LogP contribution in [0.1, 0.15) is 41.5 Å². The van der Waals surface area contributed by atoms with Crippen molar-refractivity contribution in [3.8, 4) is 11.1 Å². The number of rotatable bonds is 8. The molecule has 1 heterocycles. The Hall–Kier alpha value is -2.14. The van der Waals surface area contributed by atoms with Crippen LogP contribution in [0.25, 0.3) is 11.1 Å². The summed E-state index contributed by atoms with van der Waals surface area (Å²) >= 11 is 0. The monoisotopic (exact) mass is 345 g/mol. The molecule has 4 nitrogen and oxygen atoms in total. The molecule has 0 atom stereocenters. The quantitative estimate of drug-likeness (QED) is 0.795. The molecular formula is C20H28FN3O. The van der Waals surface area contributed by atoms with E-state index in [2.05, 4.69) is 16.4 Å². The molecule has 1 aromatic carbocycles. The fourth-order valence-corrected chi connectivity index (χ4v) is 3.40. The van der Waals surface area contributed by atoms with Crippen molar-refractivity contribution in [2.24, 2.45) is 5.73 Å². The van der Waals surface area contributed by atoms with Crippen molar-refractivity contribution in [1.29, 1.82) is 0 Å². The lowest BCUT2D eigenvalue weighted by Crippen LogP contribution is -2.17. The van der Waals surface area contributed by atoms with E-state index in [-0.39, 0.29) is 5.82 Å². The van der Waals surface area contributed by atoms with Gasteiger partial charge < -0.3 is 15.2 Å². The molecule has 0 spiro atoms. The van der Waals surface area contributed by atoms with Gasteiger partial charge in [0, 0.05) is 23.5 Å². The topological polar surface area (TPSA) is 51.3 Å². The summed E-state index contributed by atoms with van der Waals surface area (Å²) in [7, 11) is 4.09. The van der Waals surface area contributed by atoms with Crippen LogP contribution in [0.3, 0.4) is 0 Å². The molecule has 136 valence electrons. The molecule has 0 unspecified atom stereocenters. The summed E-state index contributed by atoms with van der Waals surface area (Å²) in [6.45, 7) is 5.81. The van der Waals surface area contributed by atoms with Crippen molar-refractivity contribution in [2.75, 3.05) is 20.6 Å². The molecule has 0 fully saturated rings. The second-order valence-corrected chi connectivity index (χ2v) is 6.72. The lowest BCUT2D eigenvalue weighted by atomic mass is 9.98. The lowest BCUT2D eigenvalue weighted by Gasteiger charge is -2.15. The second-order valence-electron chi connectivity index (χ2n) is 6.72. The number of carbonyl (C=O) groups is 1. The predicted octanol–water partition coefficient (Wildman–Crippen LogP) is 3.61. The van der Waals surface area contributed by atoms with Crippen molar-refractivity contribution >= 4 is 5.91 Å². The van der Waals surface area contributed by atoms with Crippen LogP contribution in [-0.4, -0.2) is 36.0 Å². The Kier molecular flexibility index (Phi) is 6.37. The Morgan fingerprint density at radius 1 is 1.32 bits per heavy atom. The van der Waals surface area contributed by atoms with Gasteiger partial charge in [-0.3, -0.25) is 4.79 Å². The van der Waals surface area contributed by atoms with Crippen molar-refractivity contribution in [1.82, 2.24) is 9.47 Å². The second kappa shape index (κ2) is 8.30. The number of nitrogens with two attached hydrogens (primary N) is 1. The van der Waals surface area contributed by atoms with E-state index >= 15 is 0 Å². The van der Waals surface area contributed by atoms with Crippen LogP contribution >= 0.6 is 0 Å². The maximum Gasteiger partial charge on any atom is 0.251 e. The molecule has 25 heavy (non-hydrogen) atoms. The van der Waals surface area contributed by atoms with E-state index in [0.29, 0.717) is 11.1 Å². The van der Waals surface area contributed by atoms with Crippen LogP contribution in [0.5, 0.6) is 0 Å². The van der Waals surface area contributed by atoms with E-state index in [1.807, 2.05) is 27.1 Å². The van der Waals surface area contributed by atoms with E-state index in [0.717, 1.165) is 49.3 Å². The van der Waals surface area contributed by atoms with Gasteiger partial charge in [0.05, 0.1) is 5.56 Å². The molecule has 2 N–H and O–H groups in total. The highest BCUT2D eigenvalue weighted by Crippen LogP contribution is 2.34. The molecule has 0 bridgehead atoms. The Labute approximate surface area is 149 Å². The molecule has 0 saturated carbocycles. The van der Waals surface area contributed by atoms with E-state index in [1.54, 1.807) is 6.07 Å². The third-order valence-corrected chi connectivity index (χ3v) is 4.46. The Bertz CT molecular complexity index is 750. The molecule has 0 radical (unpaired) electrons. The standard InChI is InChI=1S/C20H28FN3O/c1-5-8-17-19(15-9-6-10-16(21)13-15)18(20(22)25)14(2)24(17)12-7-11-23(3)4/h6,9-10,13H,5,7-8,11-12H2,1-4H3,(H2,22,25). The summed E-state index contributed by atoms with van der Waals surface area (Å²) in [6, 6.07) is 6.40. The largest absolute Gasteiger partial charge is 0.366 e. The number of hydrogen-bond donors (Lipinski definition) is 1. The fraction of sp³-hybridized carbons (Fsp3) is 0.450. The first-order chi connectivity index (χ1) is 11.9. The van der Waals surface area contributed by atoms with Crippen molar-refractivity contribution < 1.29 is 9.18 Å². The first-order valence-corrected chi connectivity index (χ1v) is 8.79. The number of nitrogens with zero attached hydrogens (tertiary/aromatic N) is 2.